The summed E-state index contributed by atoms with van der Waals surface area (Å²) in [4.78, 5) is 12.4. The Morgan fingerprint density at radius 3 is 2.32 bits per heavy atom. The summed E-state index contributed by atoms with van der Waals surface area (Å²) in [5.41, 5.74) is 1.73. The van der Waals surface area contributed by atoms with E-state index in [1.807, 2.05) is 37.3 Å². The largest absolute Gasteiger partial charge is 0.474 e. The average molecular weight is 272 g/mol. The van der Waals surface area contributed by atoms with Gasteiger partial charge in [-0.2, -0.15) is 0 Å². The molecule has 2 rings (SSSR count). The van der Waals surface area contributed by atoms with Crippen molar-refractivity contribution in [1.82, 2.24) is 0 Å². The van der Waals surface area contributed by atoms with E-state index in [0.29, 0.717) is 0 Å². The fraction of sp³-hybridized carbons (Fsp3) is 0.312. The normalized spacial score (nSPS) is 13.3. The smallest absolute Gasteiger partial charge is 0.170 e. The van der Waals surface area contributed by atoms with Crippen LogP contribution in [-0.2, 0) is 0 Å². The van der Waals surface area contributed by atoms with Crippen molar-refractivity contribution in [3.8, 4) is 0 Å². The van der Waals surface area contributed by atoms with Crippen LogP contribution in [0, 0.1) is 0 Å². The highest BCUT2D eigenvalue weighted by molar-refractivity contribution is 6.87. The van der Waals surface area contributed by atoms with Gasteiger partial charge in [-0.05, 0) is 6.07 Å². The lowest BCUT2D eigenvalue weighted by Crippen LogP contribution is -2.36. The molecule has 2 aromatic rings. The van der Waals surface area contributed by atoms with Crippen molar-refractivity contribution in [3.05, 3.63) is 53.8 Å². The zero-order valence-electron chi connectivity index (χ0n) is 11.9. The minimum Gasteiger partial charge on any atom is -0.474 e. The van der Waals surface area contributed by atoms with Crippen LogP contribution in [-0.4, -0.2) is 13.9 Å². The summed E-state index contributed by atoms with van der Waals surface area (Å²) in [6.07, 6.45) is 1.74. The molecule has 1 aromatic carbocycles. The molecule has 1 unspecified atom stereocenters. The van der Waals surface area contributed by atoms with Crippen molar-refractivity contribution in [2.75, 3.05) is 0 Å². The number of carbonyl (C=O) groups is 1. The maximum atomic E-state index is 12.4. The summed E-state index contributed by atoms with van der Waals surface area (Å²) < 4.78 is 5.65. The third-order valence-corrected chi connectivity index (χ3v) is 5.05. The molecule has 1 atom stereocenters. The van der Waals surface area contributed by atoms with Gasteiger partial charge in [0.25, 0.3) is 0 Å². The van der Waals surface area contributed by atoms with Gasteiger partial charge >= 0.3 is 0 Å². The fourth-order valence-corrected chi connectivity index (χ4v) is 2.99. The summed E-state index contributed by atoms with van der Waals surface area (Å²) >= 11 is 0. The van der Waals surface area contributed by atoms with Gasteiger partial charge in [0.2, 0.25) is 0 Å². The molecule has 0 fully saturated rings. The Morgan fingerprint density at radius 1 is 1.16 bits per heavy atom. The maximum absolute atomic E-state index is 12.4. The van der Waals surface area contributed by atoms with Gasteiger partial charge in [-0.1, -0.05) is 56.9 Å². The van der Waals surface area contributed by atoms with Gasteiger partial charge < -0.3 is 4.42 Å². The quantitative estimate of drug-likeness (QED) is 0.626. The highest BCUT2D eigenvalue weighted by atomic mass is 28.3. The number of ketones is 1. The first-order chi connectivity index (χ1) is 8.89. The molecular formula is C16H20O2Si. The van der Waals surface area contributed by atoms with E-state index in [2.05, 4.69) is 25.7 Å². The molecular weight excluding hydrogens is 252 g/mol. The van der Waals surface area contributed by atoms with Gasteiger partial charge in [-0.15, -0.1) is 0 Å². The van der Waals surface area contributed by atoms with Crippen LogP contribution < -0.4 is 5.38 Å². The molecule has 0 spiro atoms. The zero-order valence-corrected chi connectivity index (χ0v) is 12.9. The Kier molecular flexibility index (Phi) is 3.76. The molecule has 0 saturated carbocycles. The van der Waals surface area contributed by atoms with Crippen LogP contribution in [0.15, 0.2) is 47.1 Å². The molecule has 0 N–H and O–H groups in total. The summed E-state index contributed by atoms with van der Waals surface area (Å²) in [6.45, 7) is 8.64. The van der Waals surface area contributed by atoms with Gasteiger partial charge in [0, 0.05) is 17.0 Å². The van der Waals surface area contributed by atoms with Crippen molar-refractivity contribution in [2.24, 2.45) is 0 Å². The third kappa shape index (κ3) is 3.04. The van der Waals surface area contributed by atoms with Crippen molar-refractivity contribution in [2.45, 2.75) is 32.5 Å². The lowest BCUT2D eigenvalue weighted by atomic mass is 9.94. The van der Waals surface area contributed by atoms with E-state index in [9.17, 15) is 4.79 Å². The Bertz CT molecular complexity index is 564. The zero-order chi connectivity index (χ0) is 14.0. The lowest BCUT2D eigenvalue weighted by Gasteiger charge is -2.11. The summed E-state index contributed by atoms with van der Waals surface area (Å²) in [5, 5.41) is 1.05. The second-order valence-electron chi connectivity index (χ2n) is 5.95. The summed E-state index contributed by atoms with van der Waals surface area (Å²) in [5.74, 6) is -0.0141. The first-order valence-electron chi connectivity index (χ1n) is 6.58. The lowest BCUT2D eigenvalue weighted by molar-refractivity contribution is 0.0966. The second kappa shape index (κ2) is 5.17. The molecule has 100 valence electrons. The molecule has 2 nitrogen and oxygen atoms in total. The Balaban J connectivity index is 2.23. The monoisotopic (exact) mass is 272 g/mol. The molecule has 3 heteroatoms. The van der Waals surface area contributed by atoms with E-state index in [4.69, 9.17) is 4.42 Å². The van der Waals surface area contributed by atoms with Crippen LogP contribution in [0.5, 0.6) is 0 Å². The Morgan fingerprint density at radius 2 is 1.79 bits per heavy atom. The summed E-state index contributed by atoms with van der Waals surface area (Å²) in [6, 6.07) is 11.5. The molecule has 0 amide bonds. The van der Waals surface area contributed by atoms with E-state index in [1.165, 1.54) is 0 Å². The van der Waals surface area contributed by atoms with E-state index in [0.717, 1.165) is 16.5 Å². The van der Waals surface area contributed by atoms with Crippen molar-refractivity contribution in [1.29, 1.82) is 0 Å². The SMILES string of the molecule is CC(C(=O)c1ccccc1)c1coc([Si](C)(C)C)c1. The molecule has 1 heterocycles. The molecule has 0 aliphatic rings. The minimum atomic E-state index is -1.45. The molecule has 0 saturated heterocycles. The molecule has 0 aliphatic carbocycles. The first-order valence-corrected chi connectivity index (χ1v) is 10.1. The van der Waals surface area contributed by atoms with E-state index in [1.54, 1.807) is 6.26 Å². The molecule has 0 bridgehead atoms. The number of benzene rings is 1. The number of hydrogen-bond acceptors (Lipinski definition) is 2. The summed E-state index contributed by atoms with van der Waals surface area (Å²) in [7, 11) is -1.45. The van der Waals surface area contributed by atoms with Crippen LogP contribution in [0.1, 0.15) is 28.8 Å². The molecule has 0 aliphatic heterocycles. The Hall–Kier alpha value is -1.61. The first kappa shape index (κ1) is 13.8. The molecule has 0 radical (unpaired) electrons. The van der Waals surface area contributed by atoms with Crippen LogP contribution in [0.3, 0.4) is 0 Å². The minimum absolute atomic E-state index is 0.142. The molecule has 1 aromatic heterocycles. The predicted molar refractivity (Wildman–Crippen MR) is 80.9 cm³/mol. The number of hydrogen-bond donors (Lipinski definition) is 0. The van der Waals surface area contributed by atoms with Crippen molar-refractivity contribution < 1.29 is 9.21 Å². The number of furan rings is 1. The second-order valence-corrected chi connectivity index (χ2v) is 10.9. The van der Waals surface area contributed by atoms with Gasteiger partial charge in [-0.25, -0.2) is 0 Å². The van der Waals surface area contributed by atoms with Crippen molar-refractivity contribution in [3.63, 3.8) is 0 Å². The standard InChI is InChI=1S/C16H20O2Si/c1-12(16(17)13-8-6-5-7-9-13)14-10-15(18-11-14)19(2,3)4/h5-12H,1-4H3. The number of rotatable bonds is 4. The van der Waals surface area contributed by atoms with Crippen LogP contribution in [0.2, 0.25) is 19.6 Å². The highest BCUT2D eigenvalue weighted by Crippen LogP contribution is 2.21. The van der Waals surface area contributed by atoms with E-state index < -0.39 is 8.07 Å². The third-order valence-electron chi connectivity index (χ3n) is 3.31. The molecule has 19 heavy (non-hydrogen) atoms. The van der Waals surface area contributed by atoms with E-state index in [-0.39, 0.29) is 11.7 Å². The van der Waals surface area contributed by atoms with Crippen molar-refractivity contribution >= 4 is 19.2 Å². The average Bonchev–Trinajstić information content (AvgIpc) is 2.87. The van der Waals surface area contributed by atoms with Crippen LogP contribution >= 0.6 is 0 Å². The van der Waals surface area contributed by atoms with Crippen LogP contribution in [0.25, 0.3) is 0 Å². The maximum Gasteiger partial charge on any atom is 0.170 e. The fourth-order valence-electron chi connectivity index (χ4n) is 1.98. The number of Topliss-reactive ketones (excluding diaryl/α,β-unsaturated/α-hetero) is 1. The van der Waals surface area contributed by atoms with Gasteiger partial charge in [-0.3, -0.25) is 4.79 Å². The number of carbonyl (C=O) groups excluding carboxylic acids is 1. The predicted octanol–water partition coefficient (Wildman–Crippen LogP) is 3.81. The highest BCUT2D eigenvalue weighted by Gasteiger charge is 2.24. The van der Waals surface area contributed by atoms with Gasteiger partial charge in [0.15, 0.2) is 5.78 Å². The van der Waals surface area contributed by atoms with Gasteiger partial charge in [0.1, 0.15) is 8.07 Å². The van der Waals surface area contributed by atoms with Crippen LogP contribution in [0.4, 0.5) is 0 Å². The van der Waals surface area contributed by atoms with E-state index >= 15 is 0 Å². The topological polar surface area (TPSA) is 30.2 Å². The van der Waals surface area contributed by atoms with Gasteiger partial charge in [0.05, 0.1) is 11.6 Å². The Labute approximate surface area is 115 Å².